The lowest BCUT2D eigenvalue weighted by molar-refractivity contribution is -0.138. The molecule has 140 valence electrons. The molecular weight excluding hydrogens is 337 g/mol. The molecule has 0 aromatic heterocycles. The Balaban J connectivity index is 2.15. The van der Waals surface area contributed by atoms with Gasteiger partial charge >= 0.3 is 19.1 Å². The predicted molar refractivity (Wildman–Crippen MR) is 97.9 cm³/mol. The van der Waals surface area contributed by atoms with Gasteiger partial charge in [0.1, 0.15) is 5.70 Å². The summed E-state index contributed by atoms with van der Waals surface area (Å²) in [5, 5.41) is 2.85. The van der Waals surface area contributed by atoms with Crippen LogP contribution in [0.5, 0.6) is 0 Å². The number of ether oxygens (including phenoxy) is 2. The van der Waals surface area contributed by atoms with E-state index in [1.54, 1.807) is 12.1 Å². The summed E-state index contributed by atoms with van der Waals surface area (Å²) in [6, 6.07) is 7.18. The first-order valence-electron chi connectivity index (χ1n) is 8.20. The summed E-state index contributed by atoms with van der Waals surface area (Å²) in [5.74, 6) is -1.34. The highest BCUT2D eigenvalue weighted by atomic mass is 16.7. The molecule has 1 aliphatic rings. The molecule has 1 fully saturated rings. The summed E-state index contributed by atoms with van der Waals surface area (Å²) in [5.41, 5.74) is 0.588. The summed E-state index contributed by atoms with van der Waals surface area (Å²) < 4.78 is 21.2. The number of hydrogen-bond acceptors (Lipinski definition) is 7. The Labute approximate surface area is 153 Å². The first-order chi connectivity index (χ1) is 12.1. The zero-order valence-corrected chi connectivity index (χ0v) is 15.9. The number of carbonyl (C=O) groups is 2. The van der Waals surface area contributed by atoms with Crippen LogP contribution in [0.2, 0.25) is 0 Å². The van der Waals surface area contributed by atoms with Gasteiger partial charge in [-0.2, -0.15) is 0 Å². The van der Waals surface area contributed by atoms with E-state index in [0.29, 0.717) is 5.69 Å². The second-order valence-electron chi connectivity index (χ2n) is 6.91. The SMILES string of the molecule is COC(=O)/C=C(/Nc1ccc(B2OC(C)(C)C(C)(C)O2)cc1)C(=O)OC. The molecule has 1 N–H and O–H groups in total. The molecule has 0 atom stereocenters. The third-order valence-electron chi connectivity index (χ3n) is 4.58. The highest BCUT2D eigenvalue weighted by Gasteiger charge is 2.51. The maximum absolute atomic E-state index is 11.8. The highest BCUT2D eigenvalue weighted by molar-refractivity contribution is 6.62. The Bertz CT molecular complexity index is 695. The molecule has 0 amide bonds. The van der Waals surface area contributed by atoms with Crippen LogP contribution >= 0.6 is 0 Å². The fraction of sp³-hybridized carbons (Fsp3) is 0.444. The van der Waals surface area contributed by atoms with Crippen molar-refractivity contribution in [2.45, 2.75) is 38.9 Å². The van der Waals surface area contributed by atoms with Crippen molar-refractivity contribution in [2.75, 3.05) is 19.5 Å². The summed E-state index contributed by atoms with van der Waals surface area (Å²) >= 11 is 0. The molecule has 0 unspecified atom stereocenters. The van der Waals surface area contributed by atoms with E-state index in [2.05, 4.69) is 14.8 Å². The van der Waals surface area contributed by atoms with E-state index >= 15 is 0 Å². The van der Waals surface area contributed by atoms with Gasteiger partial charge < -0.3 is 24.1 Å². The van der Waals surface area contributed by atoms with Crippen LogP contribution in [0, 0.1) is 0 Å². The zero-order valence-electron chi connectivity index (χ0n) is 15.9. The van der Waals surface area contributed by atoms with Crippen molar-refractivity contribution in [2.24, 2.45) is 0 Å². The third-order valence-corrected chi connectivity index (χ3v) is 4.58. The molecule has 1 heterocycles. The summed E-state index contributed by atoms with van der Waals surface area (Å²) in [4.78, 5) is 23.2. The molecule has 1 aromatic rings. The molecule has 1 aromatic carbocycles. The lowest BCUT2D eigenvalue weighted by atomic mass is 9.79. The van der Waals surface area contributed by atoms with Crippen LogP contribution in [0.3, 0.4) is 0 Å². The Hall–Kier alpha value is -2.32. The lowest BCUT2D eigenvalue weighted by Crippen LogP contribution is -2.41. The van der Waals surface area contributed by atoms with Gasteiger partial charge in [0, 0.05) is 5.69 Å². The number of anilines is 1. The van der Waals surface area contributed by atoms with Gasteiger partial charge in [-0.15, -0.1) is 0 Å². The Kier molecular flexibility index (Phi) is 5.78. The first-order valence-corrected chi connectivity index (χ1v) is 8.20. The van der Waals surface area contributed by atoms with Crippen LogP contribution < -0.4 is 10.8 Å². The Morgan fingerprint density at radius 3 is 2.00 bits per heavy atom. The normalized spacial score (nSPS) is 18.4. The maximum Gasteiger partial charge on any atom is 0.494 e. The number of esters is 2. The quantitative estimate of drug-likeness (QED) is 0.485. The molecule has 2 rings (SSSR count). The standard InChI is InChI=1S/C18H24BNO6/c1-17(2)18(3,4)26-19(25-17)12-7-9-13(10-8-12)20-14(16(22)24-6)11-15(21)23-5/h7-11,20H,1-6H3/b14-11+. The molecule has 0 radical (unpaired) electrons. The van der Waals surface area contributed by atoms with Crippen LogP contribution in [0.1, 0.15) is 27.7 Å². The molecule has 0 spiro atoms. The molecule has 0 aliphatic carbocycles. The highest BCUT2D eigenvalue weighted by Crippen LogP contribution is 2.36. The predicted octanol–water partition coefficient (Wildman–Crippen LogP) is 1.63. The van der Waals surface area contributed by atoms with Crippen molar-refractivity contribution in [1.29, 1.82) is 0 Å². The van der Waals surface area contributed by atoms with E-state index in [1.165, 1.54) is 14.2 Å². The number of nitrogens with one attached hydrogen (secondary N) is 1. The van der Waals surface area contributed by atoms with Crippen LogP contribution in [0.15, 0.2) is 36.0 Å². The van der Waals surface area contributed by atoms with E-state index in [1.807, 2.05) is 39.8 Å². The Morgan fingerprint density at radius 2 is 1.54 bits per heavy atom. The first kappa shape index (κ1) is 20.0. The Morgan fingerprint density at radius 1 is 1.00 bits per heavy atom. The van der Waals surface area contributed by atoms with Crippen LogP contribution in [0.4, 0.5) is 5.69 Å². The van der Waals surface area contributed by atoms with Crippen LogP contribution in [0.25, 0.3) is 0 Å². The maximum atomic E-state index is 11.8. The minimum Gasteiger partial charge on any atom is -0.466 e. The molecule has 0 bridgehead atoms. The largest absolute Gasteiger partial charge is 0.494 e. The van der Waals surface area contributed by atoms with Gasteiger partial charge in [-0.25, -0.2) is 9.59 Å². The van der Waals surface area contributed by atoms with E-state index in [-0.39, 0.29) is 5.70 Å². The van der Waals surface area contributed by atoms with Crippen molar-refractivity contribution in [3.8, 4) is 0 Å². The number of hydrogen-bond donors (Lipinski definition) is 1. The summed E-state index contributed by atoms with van der Waals surface area (Å²) in [6.07, 6.45) is 1.04. The van der Waals surface area contributed by atoms with Crippen LogP contribution in [-0.4, -0.2) is 44.5 Å². The molecule has 7 nitrogen and oxygen atoms in total. The molecule has 0 saturated carbocycles. The van der Waals surface area contributed by atoms with Gasteiger partial charge in [0.15, 0.2) is 0 Å². The monoisotopic (exact) mass is 361 g/mol. The average molecular weight is 361 g/mol. The molecule has 26 heavy (non-hydrogen) atoms. The topological polar surface area (TPSA) is 83.1 Å². The second kappa shape index (κ2) is 7.51. The summed E-state index contributed by atoms with van der Waals surface area (Å²) in [6.45, 7) is 7.96. The fourth-order valence-corrected chi connectivity index (χ4v) is 2.29. The fourth-order valence-electron chi connectivity index (χ4n) is 2.29. The van der Waals surface area contributed by atoms with Crippen molar-refractivity contribution in [3.05, 3.63) is 36.0 Å². The number of methoxy groups -OCH3 is 2. The van der Waals surface area contributed by atoms with Gasteiger partial charge in [-0.05, 0) is 45.3 Å². The molecule has 1 saturated heterocycles. The van der Waals surface area contributed by atoms with E-state index in [9.17, 15) is 9.59 Å². The van der Waals surface area contributed by atoms with Crippen molar-refractivity contribution in [3.63, 3.8) is 0 Å². The van der Waals surface area contributed by atoms with Gasteiger partial charge in [0.2, 0.25) is 0 Å². The van der Waals surface area contributed by atoms with Gasteiger partial charge in [-0.3, -0.25) is 0 Å². The minimum atomic E-state index is -0.676. The molecule has 8 heteroatoms. The number of carbonyl (C=O) groups excluding carboxylic acids is 2. The molecule has 1 aliphatic heterocycles. The van der Waals surface area contributed by atoms with E-state index < -0.39 is 30.3 Å². The van der Waals surface area contributed by atoms with Gasteiger partial charge in [0.05, 0.1) is 31.5 Å². The van der Waals surface area contributed by atoms with Crippen molar-refractivity contribution in [1.82, 2.24) is 0 Å². The zero-order chi connectivity index (χ0) is 19.5. The van der Waals surface area contributed by atoms with Gasteiger partial charge in [-0.1, -0.05) is 12.1 Å². The summed E-state index contributed by atoms with van der Waals surface area (Å²) in [7, 11) is 1.99. The van der Waals surface area contributed by atoms with Crippen molar-refractivity contribution >= 4 is 30.2 Å². The minimum absolute atomic E-state index is 0.0252. The third kappa shape index (κ3) is 4.26. The van der Waals surface area contributed by atoms with E-state index in [4.69, 9.17) is 9.31 Å². The van der Waals surface area contributed by atoms with Gasteiger partial charge in [0.25, 0.3) is 0 Å². The molecular formula is C18H24BNO6. The number of rotatable bonds is 5. The van der Waals surface area contributed by atoms with E-state index in [0.717, 1.165) is 11.5 Å². The van der Waals surface area contributed by atoms with Crippen molar-refractivity contribution < 1.29 is 28.4 Å². The van der Waals surface area contributed by atoms with Crippen LogP contribution in [-0.2, 0) is 28.4 Å². The lowest BCUT2D eigenvalue weighted by Gasteiger charge is -2.32. The smallest absolute Gasteiger partial charge is 0.466 e. The average Bonchev–Trinajstić information content (AvgIpc) is 2.81. The second-order valence-corrected chi connectivity index (χ2v) is 6.91. The number of benzene rings is 1.